The van der Waals surface area contributed by atoms with Gasteiger partial charge < -0.3 is 5.11 Å². The number of carboxylic acids is 1. The first-order valence-corrected chi connectivity index (χ1v) is 4.34. The van der Waals surface area contributed by atoms with Gasteiger partial charge in [0.2, 0.25) is 5.83 Å². The summed E-state index contributed by atoms with van der Waals surface area (Å²) in [5, 5.41) is 18.7. The molecule has 0 aliphatic carbocycles. The van der Waals surface area contributed by atoms with E-state index >= 15 is 0 Å². The zero-order chi connectivity index (χ0) is 12.3. The van der Waals surface area contributed by atoms with Crippen LogP contribution < -0.4 is 0 Å². The van der Waals surface area contributed by atoms with E-state index in [0.717, 1.165) is 12.1 Å². The van der Waals surface area contributed by atoms with Gasteiger partial charge in [-0.2, -0.15) is 4.39 Å². The summed E-state index contributed by atoms with van der Waals surface area (Å²) >= 11 is 5.62. The molecule has 0 bridgehead atoms. The number of nitrogens with zero attached hydrogens (tertiary/aromatic N) is 1. The summed E-state index contributed by atoms with van der Waals surface area (Å²) in [4.78, 5) is 19.9. The van der Waals surface area contributed by atoms with Crippen molar-refractivity contribution in [3.8, 4) is 0 Å². The number of rotatable bonds is 3. The van der Waals surface area contributed by atoms with Gasteiger partial charge in [0.25, 0.3) is 5.69 Å². The number of carboxylic acid groups (broad SMARTS) is 1. The SMILES string of the molecule is O=C(O)C(F)=Cc1cc([N+](=O)[O-])ccc1Cl. The van der Waals surface area contributed by atoms with Crippen molar-refractivity contribution in [3.63, 3.8) is 0 Å². The fourth-order valence-corrected chi connectivity index (χ4v) is 1.13. The number of aliphatic carboxylic acids is 1. The van der Waals surface area contributed by atoms with E-state index in [1.807, 2.05) is 0 Å². The lowest BCUT2D eigenvalue weighted by molar-refractivity contribution is -0.384. The summed E-state index contributed by atoms with van der Waals surface area (Å²) < 4.78 is 12.8. The van der Waals surface area contributed by atoms with Crippen LogP contribution in [0.15, 0.2) is 24.0 Å². The summed E-state index contributed by atoms with van der Waals surface area (Å²) in [6.07, 6.45) is 0.623. The van der Waals surface area contributed by atoms with Gasteiger partial charge in [0.1, 0.15) is 0 Å². The van der Waals surface area contributed by atoms with Crippen LogP contribution in [0.25, 0.3) is 6.08 Å². The molecular formula is C9H5ClFNO4. The third kappa shape index (κ3) is 2.77. The van der Waals surface area contributed by atoms with Crippen molar-refractivity contribution in [3.05, 3.63) is 44.7 Å². The van der Waals surface area contributed by atoms with Gasteiger partial charge in [-0.05, 0) is 12.1 Å². The molecule has 0 unspecified atom stereocenters. The highest BCUT2D eigenvalue weighted by Gasteiger charge is 2.11. The Labute approximate surface area is 93.9 Å². The molecule has 5 nitrogen and oxygen atoms in total. The summed E-state index contributed by atoms with van der Waals surface area (Å²) in [6, 6.07) is 3.32. The van der Waals surface area contributed by atoms with Gasteiger partial charge in [0, 0.05) is 22.7 Å². The topological polar surface area (TPSA) is 80.4 Å². The lowest BCUT2D eigenvalue weighted by Gasteiger charge is -1.98. The Morgan fingerprint density at radius 2 is 2.19 bits per heavy atom. The smallest absolute Gasteiger partial charge is 0.364 e. The van der Waals surface area contributed by atoms with Crippen molar-refractivity contribution in [2.45, 2.75) is 0 Å². The number of carbonyl (C=O) groups is 1. The van der Waals surface area contributed by atoms with Crippen LogP contribution in [0.3, 0.4) is 0 Å². The van der Waals surface area contributed by atoms with Crippen molar-refractivity contribution in [2.75, 3.05) is 0 Å². The van der Waals surface area contributed by atoms with Gasteiger partial charge in [-0.15, -0.1) is 0 Å². The molecule has 0 aliphatic rings. The molecule has 0 aromatic heterocycles. The lowest BCUT2D eigenvalue weighted by atomic mass is 10.2. The van der Waals surface area contributed by atoms with Crippen molar-refractivity contribution < 1.29 is 19.2 Å². The van der Waals surface area contributed by atoms with Gasteiger partial charge in [0.05, 0.1) is 4.92 Å². The largest absolute Gasteiger partial charge is 0.476 e. The van der Waals surface area contributed by atoms with Gasteiger partial charge >= 0.3 is 5.97 Å². The first-order valence-electron chi connectivity index (χ1n) is 3.96. The number of nitro benzene ring substituents is 1. The molecule has 0 spiro atoms. The molecule has 1 aromatic rings. The number of nitro groups is 1. The van der Waals surface area contributed by atoms with Crippen LogP contribution in [0.1, 0.15) is 5.56 Å². The van der Waals surface area contributed by atoms with E-state index in [0.29, 0.717) is 6.08 Å². The summed E-state index contributed by atoms with van der Waals surface area (Å²) in [7, 11) is 0. The third-order valence-corrected chi connectivity index (χ3v) is 2.02. The van der Waals surface area contributed by atoms with Gasteiger partial charge in [-0.1, -0.05) is 11.6 Å². The van der Waals surface area contributed by atoms with Crippen LogP contribution in [0.2, 0.25) is 5.02 Å². The van der Waals surface area contributed by atoms with Crippen molar-refractivity contribution in [2.24, 2.45) is 0 Å². The minimum absolute atomic E-state index is 0.0296. The number of non-ortho nitro benzene ring substituents is 1. The lowest BCUT2D eigenvalue weighted by Crippen LogP contribution is -1.95. The normalized spacial score (nSPS) is 11.2. The molecule has 1 N–H and O–H groups in total. The minimum Gasteiger partial charge on any atom is -0.476 e. The average molecular weight is 246 g/mol. The second kappa shape index (κ2) is 4.71. The molecule has 0 radical (unpaired) electrons. The summed E-state index contributed by atoms with van der Waals surface area (Å²) in [6.45, 7) is 0. The maximum Gasteiger partial charge on any atom is 0.364 e. The first kappa shape index (κ1) is 12.1. The molecule has 0 saturated heterocycles. The van der Waals surface area contributed by atoms with Crippen LogP contribution in [-0.4, -0.2) is 16.0 Å². The van der Waals surface area contributed by atoms with Crippen molar-refractivity contribution in [1.82, 2.24) is 0 Å². The van der Waals surface area contributed by atoms with E-state index in [1.54, 1.807) is 0 Å². The van der Waals surface area contributed by atoms with Gasteiger partial charge in [-0.3, -0.25) is 10.1 Å². The molecule has 0 aliphatic heterocycles. The van der Waals surface area contributed by atoms with E-state index in [9.17, 15) is 19.3 Å². The zero-order valence-corrected chi connectivity index (χ0v) is 8.44. The quantitative estimate of drug-likeness (QED) is 0.504. The highest BCUT2D eigenvalue weighted by atomic mass is 35.5. The number of hydrogen-bond donors (Lipinski definition) is 1. The Balaban J connectivity index is 3.23. The Morgan fingerprint density at radius 1 is 1.56 bits per heavy atom. The highest BCUT2D eigenvalue weighted by molar-refractivity contribution is 6.32. The molecule has 1 aromatic carbocycles. The second-order valence-corrected chi connectivity index (χ2v) is 3.17. The molecule has 1 rings (SSSR count). The van der Waals surface area contributed by atoms with Crippen molar-refractivity contribution in [1.29, 1.82) is 0 Å². The van der Waals surface area contributed by atoms with E-state index in [-0.39, 0.29) is 16.3 Å². The van der Waals surface area contributed by atoms with Crippen LogP contribution >= 0.6 is 11.6 Å². The maximum absolute atomic E-state index is 12.8. The Bertz CT molecular complexity index is 486. The van der Waals surface area contributed by atoms with Crippen LogP contribution in [0.5, 0.6) is 0 Å². The van der Waals surface area contributed by atoms with Gasteiger partial charge in [-0.25, -0.2) is 4.79 Å². The van der Waals surface area contributed by atoms with Crippen LogP contribution in [-0.2, 0) is 4.79 Å². The van der Waals surface area contributed by atoms with E-state index in [1.165, 1.54) is 6.07 Å². The fourth-order valence-electron chi connectivity index (χ4n) is 0.954. The molecule has 0 fully saturated rings. The number of benzene rings is 1. The predicted octanol–water partition coefficient (Wildman–Crippen LogP) is 2.64. The molecular weight excluding hydrogens is 241 g/mol. The highest BCUT2D eigenvalue weighted by Crippen LogP contribution is 2.24. The molecule has 7 heteroatoms. The Morgan fingerprint density at radius 3 is 2.69 bits per heavy atom. The van der Waals surface area contributed by atoms with Gasteiger partial charge in [0.15, 0.2) is 0 Å². The number of halogens is 2. The Hall–Kier alpha value is -1.95. The van der Waals surface area contributed by atoms with E-state index < -0.39 is 16.7 Å². The monoisotopic (exact) mass is 245 g/mol. The summed E-state index contributed by atoms with van der Waals surface area (Å²) in [5.74, 6) is -3.20. The first-order chi connectivity index (χ1) is 7.41. The van der Waals surface area contributed by atoms with E-state index in [2.05, 4.69) is 0 Å². The minimum atomic E-state index is -1.76. The molecule has 0 saturated carbocycles. The molecule has 0 amide bonds. The second-order valence-electron chi connectivity index (χ2n) is 2.76. The van der Waals surface area contributed by atoms with Crippen LogP contribution in [0.4, 0.5) is 10.1 Å². The Kier molecular flexibility index (Phi) is 3.57. The molecule has 0 atom stereocenters. The molecule has 0 heterocycles. The van der Waals surface area contributed by atoms with Crippen molar-refractivity contribution >= 4 is 29.3 Å². The molecule has 16 heavy (non-hydrogen) atoms. The summed E-state index contributed by atoms with van der Waals surface area (Å²) in [5.41, 5.74) is -0.357. The van der Waals surface area contributed by atoms with Crippen LogP contribution in [0, 0.1) is 10.1 Å². The number of hydrogen-bond acceptors (Lipinski definition) is 3. The third-order valence-electron chi connectivity index (χ3n) is 1.68. The standard InChI is InChI=1S/C9H5ClFNO4/c10-7-2-1-6(12(15)16)3-5(7)4-8(11)9(13)14/h1-4H,(H,13,14). The average Bonchev–Trinajstić information content (AvgIpc) is 2.20. The maximum atomic E-state index is 12.8. The van der Waals surface area contributed by atoms with E-state index in [4.69, 9.17) is 16.7 Å². The fraction of sp³-hybridized carbons (Fsp3) is 0. The molecule has 84 valence electrons. The predicted molar refractivity (Wildman–Crippen MR) is 54.8 cm³/mol. The zero-order valence-electron chi connectivity index (χ0n) is 7.68.